The molecule has 0 saturated carbocycles. The third-order valence-electron chi connectivity index (χ3n) is 10.9. The largest absolute Gasteiger partial charge is 0.309 e. The van der Waals surface area contributed by atoms with Gasteiger partial charge in [-0.2, -0.15) is 0 Å². The number of fused-ring (bicyclic) bond motifs is 13. The predicted molar refractivity (Wildman–Crippen MR) is 206 cm³/mol. The van der Waals surface area contributed by atoms with Crippen LogP contribution in [-0.4, -0.2) is 9.13 Å². The first-order chi connectivity index (χ1) is 23.6. The summed E-state index contributed by atoms with van der Waals surface area (Å²) in [4.78, 5) is 0. The lowest BCUT2D eigenvalue weighted by Gasteiger charge is -2.22. The molecule has 10 aromatic rings. The minimum Gasteiger partial charge on any atom is -0.309 e. The Labute approximate surface area is 281 Å². The maximum Gasteiger partial charge on any atom is 0.0555 e. The lowest BCUT2D eigenvalue weighted by Crippen LogP contribution is -2.15. The van der Waals surface area contributed by atoms with E-state index in [2.05, 4.69) is 169 Å². The molecule has 11 rings (SSSR count). The second-order valence-electron chi connectivity index (χ2n) is 13.7. The van der Waals surface area contributed by atoms with Crippen molar-refractivity contribution in [2.75, 3.05) is 0 Å². The Hall–Kier alpha value is -5.64. The monoisotopic (exact) mass is 630 g/mol. The van der Waals surface area contributed by atoms with Gasteiger partial charge < -0.3 is 9.13 Å². The molecule has 1 aliphatic carbocycles. The summed E-state index contributed by atoms with van der Waals surface area (Å²) in [6.45, 7) is 4.73. The average molecular weight is 631 g/mol. The average Bonchev–Trinajstić information content (AvgIpc) is 3.83. The SMILES string of the molecule is CC1(C)c2ccccc2-c2ccc(-n3c4ccccc4c4c5sc6ccc(-n7c8ccccc8c8ccccc87)cc6c5ccc43)cc21. The maximum atomic E-state index is 2.48. The molecule has 0 unspecified atom stereocenters. The molecule has 3 aromatic heterocycles. The molecule has 0 fully saturated rings. The minimum atomic E-state index is -0.0481. The smallest absolute Gasteiger partial charge is 0.0555 e. The van der Waals surface area contributed by atoms with Crippen molar-refractivity contribution in [1.82, 2.24) is 9.13 Å². The van der Waals surface area contributed by atoms with Gasteiger partial charge in [0.1, 0.15) is 0 Å². The quantitative estimate of drug-likeness (QED) is 0.180. The van der Waals surface area contributed by atoms with Gasteiger partial charge >= 0.3 is 0 Å². The van der Waals surface area contributed by atoms with Crippen molar-refractivity contribution in [1.29, 1.82) is 0 Å². The van der Waals surface area contributed by atoms with Crippen LogP contribution in [0, 0.1) is 0 Å². The lowest BCUT2D eigenvalue weighted by molar-refractivity contribution is 0.660. The molecule has 0 saturated heterocycles. The Kier molecular flexibility index (Phi) is 5.09. The fraction of sp³-hybridized carbons (Fsp3) is 0.0667. The predicted octanol–water partition coefficient (Wildman–Crippen LogP) is 12.6. The number of para-hydroxylation sites is 3. The molecule has 0 radical (unpaired) electrons. The molecule has 0 atom stereocenters. The van der Waals surface area contributed by atoms with Crippen LogP contribution in [0.1, 0.15) is 25.0 Å². The van der Waals surface area contributed by atoms with Gasteiger partial charge in [-0.1, -0.05) is 105 Å². The zero-order valence-corrected chi connectivity index (χ0v) is 27.5. The number of thiophene rings is 1. The zero-order valence-electron chi connectivity index (χ0n) is 26.7. The van der Waals surface area contributed by atoms with Crippen LogP contribution in [0.3, 0.4) is 0 Å². The van der Waals surface area contributed by atoms with Crippen LogP contribution in [0.25, 0.3) is 86.3 Å². The topological polar surface area (TPSA) is 9.86 Å². The molecule has 1 aliphatic rings. The van der Waals surface area contributed by atoms with Crippen molar-refractivity contribution < 1.29 is 0 Å². The minimum absolute atomic E-state index is 0.0481. The van der Waals surface area contributed by atoms with Crippen molar-refractivity contribution in [2.24, 2.45) is 0 Å². The Morgan fingerprint density at radius 3 is 1.79 bits per heavy atom. The summed E-state index contributed by atoms with van der Waals surface area (Å²) >= 11 is 1.92. The van der Waals surface area contributed by atoms with E-state index in [-0.39, 0.29) is 5.41 Å². The highest BCUT2D eigenvalue weighted by molar-refractivity contribution is 7.26. The Morgan fingerprint density at radius 1 is 0.438 bits per heavy atom. The molecule has 0 bridgehead atoms. The molecule has 0 spiro atoms. The zero-order chi connectivity index (χ0) is 31.7. The first-order valence-electron chi connectivity index (χ1n) is 16.7. The summed E-state index contributed by atoms with van der Waals surface area (Å²) in [7, 11) is 0. The number of nitrogens with zero attached hydrogens (tertiary/aromatic N) is 2. The fourth-order valence-corrected chi connectivity index (χ4v) is 9.96. The van der Waals surface area contributed by atoms with Crippen LogP contribution in [0.4, 0.5) is 0 Å². The third-order valence-corrected chi connectivity index (χ3v) is 12.1. The molecule has 2 nitrogen and oxygen atoms in total. The van der Waals surface area contributed by atoms with Gasteiger partial charge in [0.05, 0.1) is 22.1 Å². The van der Waals surface area contributed by atoms with Gasteiger partial charge in [0.15, 0.2) is 0 Å². The summed E-state index contributed by atoms with van der Waals surface area (Å²) in [5.74, 6) is 0. The van der Waals surface area contributed by atoms with E-state index >= 15 is 0 Å². The van der Waals surface area contributed by atoms with Gasteiger partial charge in [0, 0.05) is 58.5 Å². The number of benzene rings is 7. The van der Waals surface area contributed by atoms with Crippen LogP contribution in [0.2, 0.25) is 0 Å². The molecule has 48 heavy (non-hydrogen) atoms. The van der Waals surface area contributed by atoms with Gasteiger partial charge in [-0.05, 0) is 76.9 Å². The van der Waals surface area contributed by atoms with E-state index < -0.39 is 0 Å². The standard InChI is InChI=1S/C45H30N2S/c1-45(2)36-15-7-3-11-29(36)30-21-19-28(26-37(30)45)47-40-18-10-6-14-34(40)43-41(47)23-22-33-35-25-27(20-24-42(35)48-44(33)43)46-38-16-8-4-12-31(38)32-13-5-9-17-39(32)46/h3-26H,1-2H3. The van der Waals surface area contributed by atoms with E-state index in [0.717, 1.165) is 0 Å². The molecular formula is C45H30N2S. The highest BCUT2D eigenvalue weighted by Gasteiger charge is 2.35. The summed E-state index contributed by atoms with van der Waals surface area (Å²) in [6, 6.07) is 54.2. The van der Waals surface area contributed by atoms with Crippen molar-refractivity contribution in [3.8, 4) is 22.5 Å². The van der Waals surface area contributed by atoms with E-state index in [1.807, 2.05) is 11.3 Å². The number of hydrogen-bond acceptors (Lipinski definition) is 1. The summed E-state index contributed by atoms with van der Waals surface area (Å²) < 4.78 is 7.57. The van der Waals surface area contributed by atoms with Crippen molar-refractivity contribution >= 4 is 75.1 Å². The number of hydrogen-bond donors (Lipinski definition) is 0. The van der Waals surface area contributed by atoms with Gasteiger partial charge in [0.25, 0.3) is 0 Å². The summed E-state index contributed by atoms with van der Waals surface area (Å²) in [5.41, 5.74) is 12.9. The fourth-order valence-electron chi connectivity index (χ4n) is 8.72. The van der Waals surface area contributed by atoms with E-state index in [9.17, 15) is 0 Å². The first-order valence-corrected chi connectivity index (χ1v) is 17.5. The van der Waals surface area contributed by atoms with E-state index in [0.29, 0.717) is 0 Å². The van der Waals surface area contributed by atoms with Gasteiger partial charge in [-0.15, -0.1) is 11.3 Å². The molecule has 0 amide bonds. The van der Waals surface area contributed by atoms with E-state index in [4.69, 9.17) is 0 Å². The Morgan fingerprint density at radius 2 is 1.02 bits per heavy atom. The molecule has 7 aromatic carbocycles. The van der Waals surface area contributed by atoms with Gasteiger partial charge in [0.2, 0.25) is 0 Å². The lowest BCUT2D eigenvalue weighted by atomic mass is 9.82. The number of rotatable bonds is 2. The van der Waals surface area contributed by atoms with Gasteiger partial charge in [-0.3, -0.25) is 0 Å². The van der Waals surface area contributed by atoms with Crippen LogP contribution < -0.4 is 0 Å². The molecule has 0 aliphatic heterocycles. The van der Waals surface area contributed by atoms with E-state index in [1.54, 1.807) is 0 Å². The molecule has 0 N–H and O–H groups in total. The second-order valence-corrected chi connectivity index (χ2v) is 14.8. The van der Waals surface area contributed by atoms with E-state index in [1.165, 1.54) is 97.4 Å². The second kappa shape index (κ2) is 9.25. The van der Waals surface area contributed by atoms with Crippen LogP contribution in [0.15, 0.2) is 146 Å². The van der Waals surface area contributed by atoms with Gasteiger partial charge in [-0.25, -0.2) is 0 Å². The normalized spacial score (nSPS) is 13.8. The number of aromatic nitrogens is 2. The highest BCUT2D eigenvalue weighted by atomic mass is 32.1. The molecular weight excluding hydrogens is 601 g/mol. The Bertz CT molecular complexity index is 2930. The van der Waals surface area contributed by atoms with Crippen LogP contribution in [0.5, 0.6) is 0 Å². The Balaban J connectivity index is 1.16. The van der Waals surface area contributed by atoms with Crippen LogP contribution >= 0.6 is 11.3 Å². The highest BCUT2D eigenvalue weighted by Crippen LogP contribution is 2.50. The summed E-state index contributed by atoms with van der Waals surface area (Å²) in [5, 5.41) is 7.85. The van der Waals surface area contributed by atoms with Crippen molar-refractivity contribution in [3.63, 3.8) is 0 Å². The summed E-state index contributed by atoms with van der Waals surface area (Å²) in [6.07, 6.45) is 0. The van der Waals surface area contributed by atoms with Crippen LogP contribution in [-0.2, 0) is 5.41 Å². The first kappa shape index (κ1) is 26.4. The third kappa shape index (κ3) is 3.31. The molecule has 3 heterocycles. The molecule has 226 valence electrons. The van der Waals surface area contributed by atoms with Crippen molar-refractivity contribution in [3.05, 3.63) is 157 Å². The molecule has 3 heteroatoms. The van der Waals surface area contributed by atoms with Crippen molar-refractivity contribution in [2.45, 2.75) is 19.3 Å². The maximum absolute atomic E-state index is 2.48.